The Morgan fingerprint density at radius 3 is 2.79 bits per heavy atom. The highest BCUT2D eigenvalue weighted by Crippen LogP contribution is 2.29. The molecular weight excluding hydrogens is 430 g/mol. The molecule has 0 saturated carbocycles. The van der Waals surface area contributed by atoms with Gasteiger partial charge in [0.1, 0.15) is 5.75 Å². The van der Waals surface area contributed by atoms with Gasteiger partial charge in [-0.3, -0.25) is 4.79 Å². The van der Waals surface area contributed by atoms with Gasteiger partial charge in [0, 0.05) is 17.6 Å². The van der Waals surface area contributed by atoms with Crippen molar-refractivity contribution in [2.45, 2.75) is 5.16 Å². The van der Waals surface area contributed by atoms with E-state index in [1.54, 1.807) is 19.2 Å². The maximum absolute atomic E-state index is 12.3. The normalized spacial score (nSPS) is 11.0. The van der Waals surface area contributed by atoms with Crippen LogP contribution in [0.25, 0.3) is 21.6 Å². The van der Waals surface area contributed by atoms with Crippen LogP contribution in [0.3, 0.4) is 0 Å². The summed E-state index contributed by atoms with van der Waals surface area (Å²) in [6, 6.07) is 13.0. The van der Waals surface area contributed by atoms with Crippen molar-refractivity contribution in [2.75, 3.05) is 18.2 Å². The van der Waals surface area contributed by atoms with E-state index >= 15 is 0 Å². The molecule has 29 heavy (non-hydrogen) atoms. The van der Waals surface area contributed by atoms with Gasteiger partial charge >= 0.3 is 0 Å². The van der Waals surface area contributed by atoms with E-state index in [2.05, 4.69) is 20.5 Å². The van der Waals surface area contributed by atoms with E-state index in [1.165, 1.54) is 23.1 Å². The van der Waals surface area contributed by atoms with Crippen LogP contribution in [-0.4, -0.2) is 38.5 Å². The molecule has 0 spiro atoms. The number of carbonyl (C=O) groups is 1. The number of thiazole rings is 1. The molecule has 0 atom stereocenters. The smallest absolute Gasteiger partial charge is 0.236 e. The Hall–Kier alpha value is -2.62. The van der Waals surface area contributed by atoms with Crippen molar-refractivity contribution < 1.29 is 9.53 Å². The number of carbonyl (C=O) groups excluding carboxylic acids is 1. The largest absolute Gasteiger partial charge is 0.497 e. The lowest BCUT2D eigenvalue weighted by Gasteiger charge is -2.04. The van der Waals surface area contributed by atoms with Gasteiger partial charge in [0.2, 0.25) is 5.91 Å². The number of nitrogens with zero attached hydrogens (tertiary/aromatic N) is 4. The van der Waals surface area contributed by atoms with E-state index in [4.69, 9.17) is 16.3 Å². The number of hydrogen-bond acceptors (Lipinski definition) is 7. The van der Waals surface area contributed by atoms with Crippen molar-refractivity contribution in [3.63, 3.8) is 0 Å². The second-order valence-electron chi connectivity index (χ2n) is 6.06. The molecule has 0 aliphatic rings. The van der Waals surface area contributed by atoms with E-state index in [-0.39, 0.29) is 11.7 Å². The maximum atomic E-state index is 12.3. The van der Waals surface area contributed by atoms with Crippen LogP contribution < -0.4 is 10.1 Å². The van der Waals surface area contributed by atoms with Gasteiger partial charge in [-0.1, -0.05) is 34.7 Å². The van der Waals surface area contributed by atoms with Crippen molar-refractivity contribution >= 4 is 56.0 Å². The molecule has 0 bridgehead atoms. The van der Waals surface area contributed by atoms with Crippen LogP contribution in [0.15, 0.2) is 47.6 Å². The minimum absolute atomic E-state index is 0.155. The number of nitrogens with one attached hydrogen (secondary N) is 1. The van der Waals surface area contributed by atoms with Gasteiger partial charge in [0.25, 0.3) is 0 Å². The molecule has 2 heterocycles. The number of ether oxygens (including phenoxy) is 1. The summed E-state index contributed by atoms with van der Waals surface area (Å²) in [5.74, 6) is 1.52. The first-order valence-electron chi connectivity index (χ1n) is 8.56. The molecule has 0 aliphatic carbocycles. The molecule has 7 nitrogen and oxygen atoms in total. The third-order valence-electron chi connectivity index (χ3n) is 4.11. The summed E-state index contributed by atoms with van der Waals surface area (Å²) in [6.07, 6.45) is 0. The number of benzene rings is 2. The first-order chi connectivity index (χ1) is 14.0. The summed E-state index contributed by atoms with van der Waals surface area (Å²) >= 11 is 8.65. The summed E-state index contributed by atoms with van der Waals surface area (Å²) < 4.78 is 8.02. The molecule has 0 aliphatic heterocycles. The minimum Gasteiger partial charge on any atom is -0.497 e. The van der Waals surface area contributed by atoms with Crippen LogP contribution in [0.4, 0.5) is 5.13 Å². The summed E-state index contributed by atoms with van der Waals surface area (Å²) in [4.78, 5) is 16.8. The van der Waals surface area contributed by atoms with Crippen molar-refractivity contribution in [1.82, 2.24) is 19.7 Å². The molecular formula is C19H16ClN5O2S2. The third kappa shape index (κ3) is 4.36. The summed E-state index contributed by atoms with van der Waals surface area (Å²) in [6.45, 7) is 0. The lowest BCUT2D eigenvalue weighted by atomic mass is 10.2. The molecule has 148 valence electrons. The van der Waals surface area contributed by atoms with Crippen molar-refractivity contribution in [1.29, 1.82) is 0 Å². The van der Waals surface area contributed by atoms with Crippen LogP contribution in [0.1, 0.15) is 0 Å². The fraction of sp³-hybridized carbons (Fsp3) is 0.158. The average Bonchev–Trinajstić information content (AvgIpc) is 3.29. The molecule has 0 radical (unpaired) electrons. The van der Waals surface area contributed by atoms with Gasteiger partial charge in [0.15, 0.2) is 16.1 Å². The zero-order valence-corrected chi connectivity index (χ0v) is 17.9. The lowest BCUT2D eigenvalue weighted by Crippen LogP contribution is -2.14. The highest BCUT2D eigenvalue weighted by Gasteiger charge is 2.14. The van der Waals surface area contributed by atoms with Gasteiger partial charge in [-0.05, 0) is 42.5 Å². The Kier molecular flexibility index (Phi) is 5.70. The van der Waals surface area contributed by atoms with E-state index in [0.29, 0.717) is 21.1 Å². The Morgan fingerprint density at radius 2 is 2.03 bits per heavy atom. The van der Waals surface area contributed by atoms with E-state index in [0.717, 1.165) is 21.5 Å². The number of fused-ring (bicyclic) bond motifs is 1. The van der Waals surface area contributed by atoms with Crippen LogP contribution >= 0.6 is 34.7 Å². The maximum Gasteiger partial charge on any atom is 0.236 e. The highest BCUT2D eigenvalue weighted by atomic mass is 35.5. The van der Waals surface area contributed by atoms with Crippen molar-refractivity contribution in [3.8, 4) is 17.1 Å². The Bertz CT molecular complexity index is 1170. The molecule has 10 heteroatoms. The number of halogens is 1. The first kappa shape index (κ1) is 19.7. The van der Waals surface area contributed by atoms with E-state index in [1.807, 2.05) is 41.9 Å². The molecule has 0 unspecified atom stereocenters. The summed E-state index contributed by atoms with van der Waals surface area (Å²) in [7, 11) is 3.48. The fourth-order valence-electron chi connectivity index (χ4n) is 2.66. The van der Waals surface area contributed by atoms with Crippen molar-refractivity contribution in [2.24, 2.45) is 7.05 Å². The molecule has 1 N–H and O–H groups in total. The minimum atomic E-state index is -0.155. The molecule has 2 aromatic heterocycles. The van der Waals surface area contributed by atoms with Gasteiger partial charge < -0.3 is 14.6 Å². The molecule has 2 aromatic carbocycles. The molecule has 0 fully saturated rings. The van der Waals surface area contributed by atoms with Gasteiger partial charge in [-0.15, -0.1) is 10.2 Å². The second kappa shape index (κ2) is 8.40. The summed E-state index contributed by atoms with van der Waals surface area (Å²) in [5, 5.41) is 13.1. The van der Waals surface area contributed by atoms with Crippen LogP contribution in [-0.2, 0) is 11.8 Å². The topological polar surface area (TPSA) is 81.9 Å². The van der Waals surface area contributed by atoms with E-state index < -0.39 is 0 Å². The number of anilines is 1. The molecule has 4 aromatic rings. The number of thioether (sulfide) groups is 1. The average molecular weight is 446 g/mol. The first-order valence-corrected chi connectivity index (χ1v) is 10.7. The second-order valence-corrected chi connectivity index (χ2v) is 8.47. The number of hydrogen-bond donors (Lipinski definition) is 1. The summed E-state index contributed by atoms with van der Waals surface area (Å²) in [5.41, 5.74) is 1.73. The quantitative estimate of drug-likeness (QED) is 0.440. The Labute approximate surface area is 180 Å². The predicted octanol–water partition coefficient (Wildman–Crippen LogP) is 4.48. The fourth-order valence-corrected chi connectivity index (χ4v) is 4.41. The highest BCUT2D eigenvalue weighted by molar-refractivity contribution is 7.99. The zero-order valence-electron chi connectivity index (χ0n) is 15.5. The standard InChI is InChI=1S/C19H16ClN5O2S2/c1-25-17(11-3-5-12(20)6-4-11)23-24-19(25)28-10-16(26)22-18-21-14-8-7-13(27-2)9-15(14)29-18/h3-9H,10H2,1-2H3,(H,21,22,26). The van der Waals surface area contributed by atoms with Crippen LogP contribution in [0, 0.1) is 0 Å². The third-order valence-corrected chi connectivity index (χ3v) is 6.32. The van der Waals surface area contributed by atoms with Crippen LogP contribution in [0.2, 0.25) is 5.02 Å². The number of aromatic nitrogens is 4. The predicted molar refractivity (Wildman–Crippen MR) is 117 cm³/mol. The van der Waals surface area contributed by atoms with Gasteiger partial charge in [0.05, 0.1) is 23.1 Å². The Balaban J connectivity index is 1.40. The van der Waals surface area contributed by atoms with Gasteiger partial charge in [-0.2, -0.15) is 0 Å². The van der Waals surface area contributed by atoms with Crippen LogP contribution in [0.5, 0.6) is 5.75 Å². The number of rotatable bonds is 6. The molecule has 1 amide bonds. The number of amides is 1. The molecule has 0 saturated heterocycles. The monoisotopic (exact) mass is 445 g/mol. The SMILES string of the molecule is COc1ccc2nc(NC(=O)CSc3nnc(-c4ccc(Cl)cc4)n3C)sc2c1. The van der Waals surface area contributed by atoms with E-state index in [9.17, 15) is 4.79 Å². The van der Waals surface area contributed by atoms with Crippen molar-refractivity contribution in [3.05, 3.63) is 47.5 Å². The lowest BCUT2D eigenvalue weighted by molar-refractivity contribution is -0.113. The number of methoxy groups -OCH3 is 1. The molecule has 4 rings (SSSR count). The van der Waals surface area contributed by atoms with Gasteiger partial charge in [-0.25, -0.2) is 4.98 Å². The Morgan fingerprint density at radius 1 is 1.24 bits per heavy atom. The zero-order chi connectivity index (χ0) is 20.4.